The van der Waals surface area contributed by atoms with Crippen molar-refractivity contribution in [1.82, 2.24) is 0 Å². The molecule has 1 aliphatic carbocycles. The van der Waals surface area contributed by atoms with Gasteiger partial charge in [0.05, 0.1) is 11.8 Å². The van der Waals surface area contributed by atoms with Crippen LogP contribution in [0.5, 0.6) is 0 Å². The van der Waals surface area contributed by atoms with Crippen molar-refractivity contribution in [3.05, 3.63) is 0 Å². The van der Waals surface area contributed by atoms with E-state index in [9.17, 15) is 9.59 Å². The van der Waals surface area contributed by atoms with Gasteiger partial charge in [-0.05, 0) is 12.8 Å². The van der Waals surface area contributed by atoms with Crippen LogP contribution in [0.15, 0.2) is 0 Å². The van der Waals surface area contributed by atoms with E-state index in [2.05, 4.69) is 0 Å². The maximum atomic E-state index is 10.7. The molecule has 0 aromatic carbocycles. The van der Waals surface area contributed by atoms with Gasteiger partial charge < -0.3 is 10.8 Å². The molecule has 1 amide bonds. The highest BCUT2D eigenvalue weighted by Crippen LogP contribution is 2.31. The maximum absolute atomic E-state index is 10.7. The summed E-state index contributed by atoms with van der Waals surface area (Å²) in [7, 11) is 0. The van der Waals surface area contributed by atoms with E-state index in [4.69, 9.17) is 10.8 Å². The van der Waals surface area contributed by atoms with E-state index >= 15 is 0 Å². The quantitative estimate of drug-likeness (QED) is 0.590. The summed E-state index contributed by atoms with van der Waals surface area (Å²) >= 11 is 0. The van der Waals surface area contributed by atoms with Crippen LogP contribution in [-0.2, 0) is 9.59 Å². The average molecular weight is 157 g/mol. The fraction of sp³-hybridized carbons (Fsp3) is 0.714. The zero-order valence-electron chi connectivity index (χ0n) is 6.12. The molecular weight excluding hydrogens is 146 g/mol. The van der Waals surface area contributed by atoms with Crippen molar-refractivity contribution in [2.24, 2.45) is 17.6 Å². The van der Waals surface area contributed by atoms with E-state index in [1.165, 1.54) is 0 Å². The van der Waals surface area contributed by atoms with Gasteiger partial charge in [0.1, 0.15) is 0 Å². The molecule has 0 aliphatic heterocycles. The summed E-state index contributed by atoms with van der Waals surface area (Å²) < 4.78 is 0. The van der Waals surface area contributed by atoms with Gasteiger partial charge in [0.15, 0.2) is 0 Å². The number of carbonyl (C=O) groups excluding carboxylic acids is 1. The Morgan fingerprint density at radius 3 is 2.18 bits per heavy atom. The molecule has 0 unspecified atom stereocenters. The van der Waals surface area contributed by atoms with E-state index in [0.29, 0.717) is 12.8 Å². The summed E-state index contributed by atoms with van der Waals surface area (Å²) in [5.74, 6) is -2.35. The van der Waals surface area contributed by atoms with Crippen molar-refractivity contribution in [2.45, 2.75) is 19.3 Å². The summed E-state index contributed by atoms with van der Waals surface area (Å²) in [5, 5.41) is 8.62. The molecule has 1 rings (SSSR count). The van der Waals surface area contributed by atoms with Crippen molar-refractivity contribution in [3.8, 4) is 0 Å². The first-order valence-corrected chi connectivity index (χ1v) is 3.65. The number of aliphatic carboxylic acids is 1. The SMILES string of the molecule is NC(=O)[C@@H]1CCC[C@@H]1C(=O)O. The fourth-order valence-electron chi connectivity index (χ4n) is 1.60. The molecule has 0 heterocycles. The molecule has 1 aliphatic rings. The van der Waals surface area contributed by atoms with Crippen LogP contribution < -0.4 is 5.73 Å². The number of carbonyl (C=O) groups is 2. The summed E-state index contributed by atoms with van der Waals surface area (Å²) in [5.41, 5.74) is 5.02. The van der Waals surface area contributed by atoms with Gasteiger partial charge in [-0.15, -0.1) is 0 Å². The molecule has 0 spiro atoms. The molecule has 4 heteroatoms. The zero-order valence-corrected chi connectivity index (χ0v) is 6.12. The Hall–Kier alpha value is -1.06. The van der Waals surface area contributed by atoms with Crippen LogP contribution in [0.3, 0.4) is 0 Å². The molecule has 4 nitrogen and oxygen atoms in total. The fourth-order valence-corrected chi connectivity index (χ4v) is 1.60. The number of nitrogens with two attached hydrogens (primary N) is 1. The highest BCUT2D eigenvalue weighted by Gasteiger charge is 2.36. The third-order valence-electron chi connectivity index (χ3n) is 2.20. The van der Waals surface area contributed by atoms with Crippen molar-refractivity contribution >= 4 is 11.9 Å². The average Bonchev–Trinajstić information content (AvgIpc) is 2.32. The molecule has 0 aromatic heterocycles. The second-order valence-electron chi connectivity index (χ2n) is 2.88. The normalized spacial score (nSPS) is 30.2. The zero-order chi connectivity index (χ0) is 8.43. The van der Waals surface area contributed by atoms with E-state index in [0.717, 1.165) is 6.42 Å². The number of carboxylic acids is 1. The van der Waals surface area contributed by atoms with Crippen LogP contribution in [0.25, 0.3) is 0 Å². The largest absolute Gasteiger partial charge is 0.481 e. The summed E-state index contributed by atoms with van der Waals surface area (Å²) in [6.07, 6.45) is 2.01. The summed E-state index contributed by atoms with van der Waals surface area (Å²) in [6, 6.07) is 0. The first kappa shape index (κ1) is 8.04. The van der Waals surface area contributed by atoms with E-state index < -0.39 is 23.7 Å². The third kappa shape index (κ3) is 1.50. The van der Waals surface area contributed by atoms with Crippen LogP contribution in [0.2, 0.25) is 0 Å². The standard InChI is InChI=1S/C7H11NO3/c8-6(9)4-2-1-3-5(4)7(10)11/h4-5H,1-3H2,(H2,8,9)(H,10,11)/t4-,5+/m1/s1. The molecule has 1 fully saturated rings. The van der Waals surface area contributed by atoms with Crippen molar-refractivity contribution in [1.29, 1.82) is 0 Å². The molecule has 2 atom stereocenters. The van der Waals surface area contributed by atoms with Crippen LogP contribution in [0.4, 0.5) is 0 Å². The van der Waals surface area contributed by atoms with Gasteiger partial charge in [0, 0.05) is 0 Å². The minimum Gasteiger partial charge on any atom is -0.481 e. The minimum absolute atomic E-state index is 0.438. The highest BCUT2D eigenvalue weighted by atomic mass is 16.4. The van der Waals surface area contributed by atoms with Gasteiger partial charge in [0.25, 0.3) is 0 Å². The molecule has 3 N–H and O–H groups in total. The number of primary amides is 1. The van der Waals surface area contributed by atoms with Gasteiger partial charge in [-0.1, -0.05) is 6.42 Å². The smallest absolute Gasteiger partial charge is 0.307 e. The summed E-state index contributed by atoms with van der Waals surface area (Å²) in [6.45, 7) is 0. The first-order chi connectivity index (χ1) is 5.13. The van der Waals surface area contributed by atoms with Crippen LogP contribution in [0, 0.1) is 11.8 Å². The maximum Gasteiger partial charge on any atom is 0.307 e. The van der Waals surface area contributed by atoms with Crippen LogP contribution in [-0.4, -0.2) is 17.0 Å². The van der Waals surface area contributed by atoms with Crippen molar-refractivity contribution in [3.63, 3.8) is 0 Å². The third-order valence-corrected chi connectivity index (χ3v) is 2.20. The predicted molar refractivity (Wildman–Crippen MR) is 37.7 cm³/mol. The summed E-state index contributed by atoms with van der Waals surface area (Å²) in [4.78, 5) is 21.2. The number of rotatable bonds is 2. The Morgan fingerprint density at radius 2 is 1.82 bits per heavy atom. The Bertz CT molecular complexity index is 170. The Morgan fingerprint density at radius 1 is 1.27 bits per heavy atom. The topological polar surface area (TPSA) is 80.4 Å². The molecule has 11 heavy (non-hydrogen) atoms. The van der Waals surface area contributed by atoms with E-state index in [-0.39, 0.29) is 0 Å². The molecule has 62 valence electrons. The lowest BCUT2D eigenvalue weighted by Gasteiger charge is -2.10. The molecule has 0 saturated heterocycles. The van der Waals surface area contributed by atoms with Crippen molar-refractivity contribution < 1.29 is 14.7 Å². The number of amides is 1. The van der Waals surface area contributed by atoms with Gasteiger partial charge in [-0.2, -0.15) is 0 Å². The number of hydrogen-bond acceptors (Lipinski definition) is 2. The molecule has 1 saturated carbocycles. The first-order valence-electron chi connectivity index (χ1n) is 3.65. The lowest BCUT2D eigenvalue weighted by atomic mass is 9.96. The van der Waals surface area contributed by atoms with Crippen molar-refractivity contribution in [2.75, 3.05) is 0 Å². The molecule has 0 bridgehead atoms. The number of hydrogen-bond donors (Lipinski definition) is 2. The number of carboxylic acid groups (broad SMARTS) is 1. The van der Waals surface area contributed by atoms with Gasteiger partial charge in [-0.25, -0.2) is 0 Å². The molecule has 0 aromatic rings. The Labute approximate surface area is 64.4 Å². The highest BCUT2D eigenvalue weighted by molar-refractivity contribution is 5.83. The predicted octanol–water partition coefficient (Wildman–Crippen LogP) is -0.0274. The van der Waals surface area contributed by atoms with E-state index in [1.54, 1.807) is 0 Å². The Balaban J connectivity index is 2.65. The second kappa shape index (κ2) is 2.90. The lowest BCUT2D eigenvalue weighted by Crippen LogP contribution is -2.30. The van der Waals surface area contributed by atoms with Gasteiger partial charge in [0.2, 0.25) is 5.91 Å². The molecular formula is C7H11NO3. The Kier molecular flexibility index (Phi) is 2.12. The minimum atomic E-state index is -0.897. The van der Waals surface area contributed by atoms with Crippen LogP contribution >= 0.6 is 0 Å². The molecule has 0 radical (unpaired) electrons. The second-order valence-corrected chi connectivity index (χ2v) is 2.88. The van der Waals surface area contributed by atoms with Gasteiger partial charge >= 0.3 is 5.97 Å². The van der Waals surface area contributed by atoms with Gasteiger partial charge in [-0.3, -0.25) is 9.59 Å². The van der Waals surface area contributed by atoms with E-state index in [1.807, 2.05) is 0 Å². The monoisotopic (exact) mass is 157 g/mol. The lowest BCUT2D eigenvalue weighted by molar-refractivity contribution is -0.145. The van der Waals surface area contributed by atoms with Crippen LogP contribution in [0.1, 0.15) is 19.3 Å².